The Labute approximate surface area is 106 Å². The van der Waals surface area contributed by atoms with E-state index >= 15 is 0 Å². The third-order valence-corrected chi connectivity index (χ3v) is 2.41. The molecule has 0 saturated carbocycles. The van der Waals surface area contributed by atoms with Gasteiger partial charge in [-0.15, -0.1) is 0 Å². The van der Waals surface area contributed by atoms with Crippen LogP contribution in [0.2, 0.25) is 0 Å². The second kappa shape index (κ2) is 5.01. The van der Waals surface area contributed by atoms with Gasteiger partial charge in [0.05, 0.1) is 11.3 Å². The van der Waals surface area contributed by atoms with Crippen LogP contribution in [0.15, 0.2) is 36.4 Å². The average Bonchev–Trinajstić information content (AvgIpc) is 2.36. The Bertz CT molecular complexity index is 644. The minimum atomic E-state index is -1.21. The SMILES string of the molecule is O=C(O)c1ccc(F)c(Nc2ccc(F)c(F)c2)c1. The van der Waals surface area contributed by atoms with Crippen LogP contribution in [0.4, 0.5) is 24.5 Å². The first-order valence-corrected chi connectivity index (χ1v) is 5.22. The highest BCUT2D eigenvalue weighted by atomic mass is 19.2. The third-order valence-electron chi connectivity index (χ3n) is 2.41. The maximum atomic E-state index is 13.5. The van der Waals surface area contributed by atoms with Crippen LogP contribution in [0.3, 0.4) is 0 Å². The zero-order valence-corrected chi connectivity index (χ0v) is 9.45. The van der Waals surface area contributed by atoms with Gasteiger partial charge in [0, 0.05) is 11.8 Å². The Morgan fingerprint density at radius 2 is 1.63 bits per heavy atom. The summed E-state index contributed by atoms with van der Waals surface area (Å²) in [5, 5.41) is 11.3. The Hall–Kier alpha value is -2.50. The summed E-state index contributed by atoms with van der Waals surface area (Å²) in [6.45, 7) is 0. The topological polar surface area (TPSA) is 49.3 Å². The van der Waals surface area contributed by atoms with Gasteiger partial charge in [0.2, 0.25) is 0 Å². The molecule has 98 valence electrons. The zero-order valence-electron chi connectivity index (χ0n) is 9.45. The number of rotatable bonds is 3. The van der Waals surface area contributed by atoms with Crippen LogP contribution in [0.1, 0.15) is 10.4 Å². The summed E-state index contributed by atoms with van der Waals surface area (Å²) in [4.78, 5) is 10.8. The van der Waals surface area contributed by atoms with E-state index in [1.807, 2.05) is 0 Å². The summed E-state index contributed by atoms with van der Waals surface area (Å²) in [5.74, 6) is -4.02. The molecule has 0 atom stereocenters. The maximum Gasteiger partial charge on any atom is 0.335 e. The normalized spacial score (nSPS) is 10.3. The van der Waals surface area contributed by atoms with E-state index in [1.54, 1.807) is 0 Å². The van der Waals surface area contributed by atoms with Crippen LogP contribution < -0.4 is 5.32 Å². The monoisotopic (exact) mass is 267 g/mol. The highest BCUT2D eigenvalue weighted by Gasteiger charge is 2.09. The van der Waals surface area contributed by atoms with Gasteiger partial charge >= 0.3 is 5.97 Å². The second-order valence-electron chi connectivity index (χ2n) is 3.75. The van der Waals surface area contributed by atoms with Gasteiger partial charge in [0.1, 0.15) is 5.82 Å². The van der Waals surface area contributed by atoms with Crippen LogP contribution in [-0.4, -0.2) is 11.1 Å². The Kier molecular flexibility index (Phi) is 3.41. The lowest BCUT2D eigenvalue weighted by Crippen LogP contribution is -2.00. The average molecular weight is 267 g/mol. The number of hydrogen-bond acceptors (Lipinski definition) is 2. The molecule has 2 aromatic carbocycles. The number of nitrogens with one attached hydrogen (secondary N) is 1. The van der Waals surface area contributed by atoms with E-state index in [4.69, 9.17) is 5.11 Å². The van der Waals surface area contributed by atoms with Crippen molar-refractivity contribution in [2.24, 2.45) is 0 Å². The summed E-state index contributed by atoms with van der Waals surface area (Å²) in [5.41, 5.74) is -0.141. The molecule has 2 aromatic rings. The molecule has 0 aliphatic carbocycles. The predicted octanol–water partition coefficient (Wildman–Crippen LogP) is 3.55. The lowest BCUT2D eigenvalue weighted by Gasteiger charge is -2.08. The molecule has 2 N–H and O–H groups in total. The van der Waals surface area contributed by atoms with Gasteiger partial charge in [-0.2, -0.15) is 0 Å². The van der Waals surface area contributed by atoms with Crippen LogP contribution in [0.5, 0.6) is 0 Å². The lowest BCUT2D eigenvalue weighted by atomic mass is 10.2. The van der Waals surface area contributed by atoms with Crippen molar-refractivity contribution in [1.29, 1.82) is 0 Å². The van der Waals surface area contributed by atoms with Crippen molar-refractivity contribution in [1.82, 2.24) is 0 Å². The van der Waals surface area contributed by atoms with Gasteiger partial charge < -0.3 is 10.4 Å². The highest BCUT2D eigenvalue weighted by molar-refractivity contribution is 5.89. The molecular weight excluding hydrogens is 259 g/mol. The molecule has 0 fully saturated rings. The van der Waals surface area contributed by atoms with Gasteiger partial charge in [-0.1, -0.05) is 0 Å². The molecule has 0 amide bonds. The van der Waals surface area contributed by atoms with Crippen molar-refractivity contribution in [2.45, 2.75) is 0 Å². The second-order valence-corrected chi connectivity index (χ2v) is 3.75. The summed E-state index contributed by atoms with van der Waals surface area (Å²) in [6, 6.07) is 6.10. The van der Waals surface area contributed by atoms with Crippen molar-refractivity contribution >= 4 is 17.3 Å². The Balaban J connectivity index is 2.34. The van der Waals surface area contributed by atoms with E-state index < -0.39 is 23.4 Å². The van der Waals surface area contributed by atoms with Gasteiger partial charge in [0.25, 0.3) is 0 Å². The number of carbonyl (C=O) groups is 1. The lowest BCUT2D eigenvalue weighted by molar-refractivity contribution is 0.0697. The van der Waals surface area contributed by atoms with Gasteiger partial charge in [-0.25, -0.2) is 18.0 Å². The van der Waals surface area contributed by atoms with Gasteiger partial charge in [-0.05, 0) is 30.3 Å². The molecule has 0 aliphatic rings. The van der Waals surface area contributed by atoms with E-state index in [9.17, 15) is 18.0 Å². The van der Waals surface area contributed by atoms with E-state index in [0.717, 1.165) is 30.3 Å². The molecule has 6 heteroatoms. The van der Waals surface area contributed by atoms with Gasteiger partial charge in [-0.3, -0.25) is 0 Å². The molecule has 0 aromatic heterocycles. The molecule has 0 aliphatic heterocycles. The predicted molar refractivity (Wildman–Crippen MR) is 63.0 cm³/mol. The molecule has 19 heavy (non-hydrogen) atoms. The highest BCUT2D eigenvalue weighted by Crippen LogP contribution is 2.22. The summed E-state index contributed by atoms with van der Waals surface area (Å²) >= 11 is 0. The smallest absolute Gasteiger partial charge is 0.335 e. The number of benzene rings is 2. The van der Waals surface area contributed by atoms with Crippen molar-refractivity contribution < 1.29 is 23.1 Å². The quantitative estimate of drug-likeness (QED) is 0.894. The van der Waals surface area contributed by atoms with Crippen molar-refractivity contribution in [2.75, 3.05) is 5.32 Å². The fourth-order valence-corrected chi connectivity index (χ4v) is 1.48. The summed E-state index contributed by atoms with van der Waals surface area (Å²) in [7, 11) is 0. The largest absolute Gasteiger partial charge is 0.478 e. The Morgan fingerprint density at radius 1 is 0.947 bits per heavy atom. The van der Waals surface area contributed by atoms with E-state index in [1.165, 1.54) is 6.07 Å². The maximum absolute atomic E-state index is 13.5. The number of hydrogen-bond donors (Lipinski definition) is 2. The summed E-state index contributed by atoms with van der Waals surface area (Å²) in [6.07, 6.45) is 0. The summed E-state index contributed by atoms with van der Waals surface area (Å²) < 4.78 is 39.2. The van der Waals surface area contributed by atoms with E-state index in [0.29, 0.717) is 0 Å². The van der Waals surface area contributed by atoms with Crippen LogP contribution in [0, 0.1) is 17.5 Å². The number of halogens is 3. The molecule has 0 spiro atoms. The van der Waals surface area contributed by atoms with Gasteiger partial charge in [0.15, 0.2) is 11.6 Å². The first-order chi connectivity index (χ1) is 8.97. The molecule has 0 saturated heterocycles. The minimum absolute atomic E-state index is 0.111. The van der Waals surface area contributed by atoms with Crippen LogP contribution >= 0.6 is 0 Å². The van der Waals surface area contributed by atoms with Crippen LogP contribution in [-0.2, 0) is 0 Å². The fraction of sp³-hybridized carbons (Fsp3) is 0. The molecule has 0 heterocycles. The number of carboxylic acids is 1. The first-order valence-electron chi connectivity index (χ1n) is 5.22. The van der Waals surface area contributed by atoms with E-state index in [2.05, 4.69) is 5.32 Å². The molecule has 0 unspecified atom stereocenters. The molecule has 3 nitrogen and oxygen atoms in total. The number of carboxylic acid groups (broad SMARTS) is 1. The van der Waals surface area contributed by atoms with Crippen molar-refractivity contribution in [3.8, 4) is 0 Å². The molecule has 0 radical (unpaired) electrons. The zero-order chi connectivity index (χ0) is 14.0. The number of anilines is 2. The molecule has 0 bridgehead atoms. The van der Waals surface area contributed by atoms with Crippen LogP contribution in [0.25, 0.3) is 0 Å². The van der Waals surface area contributed by atoms with E-state index in [-0.39, 0.29) is 16.9 Å². The third kappa shape index (κ3) is 2.85. The van der Waals surface area contributed by atoms with Crippen molar-refractivity contribution in [3.05, 3.63) is 59.4 Å². The van der Waals surface area contributed by atoms with Crippen molar-refractivity contribution in [3.63, 3.8) is 0 Å². The Morgan fingerprint density at radius 3 is 2.26 bits per heavy atom. The number of aromatic carboxylic acids is 1. The standard InChI is InChI=1S/C13H8F3NO2/c14-9-4-2-8(6-11(9)16)17-12-5-7(13(18)19)1-3-10(12)15/h1-6,17H,(H,18,19). The fourth-order valence-electron chi connectivity index (χ4n) is 1.48. The molecule has 2 rings (SSSR count). The molecular formula is C13H8F3NO2. The first kappa shape index (κ1) is 12.9. The minimum Gasteiger partial charge on any atom is -0.478 e.